The van der Waals surface area contributed by atoms with Crippen LogP contribution in [0.15, 0.2) is 18.3 Å². The van der Waals surface area contributed by atoms with E-state index in [1.165, 1.54) is 30.5 Å². The molecule has 112 valence electrons. The molecule has 1 aromatic rings. The summed E-state index contributed by atoms with van der Waals surface area (Å²) >= 11 is 0. The van der Waals surface area contributed by atoms with Crippen LogP contribution in [0.25, 0.3) is 0 Å². The summed E-state index contributed by atoms with van der Waals surface area (Å²) in [6.07, 6.45) is 5.93. The zero-order chi connectivity index (χ0) is 14.5. The highest BCUT2D eigenvalue weighted by atomic mass is 15.1. The molecule has 2 rings (SSSR count). The highest BCUT2D eigenvalue weighted by molar-refractivity contribution is 5.14. The van der Waals surface area contributed by atoms with Gasteiger partial charge in [0.1, 0.15) is 0 Å². The van der Waals surface area contributed by atoms with Gasteiger partial charge in [0.15, 0.2) is 0 Å². The fraction of sp³-hybridized carbons (Fsp3) is 0.706. The minimum atomic E-state index is 0.605. The Morgan fingerprint density at radius 2 is 2.05 bits per heavy atom. The SMILES string of the molecule is CC(C)CC(C)N(C)Cc1ccc(CNC2CC2)cn1. The van der Waals surface area contributed by atoms with E-state index >= 15 is 0 Å². The van der Waals surface area contributed by atoms with Gasteiger partial charge < -0.3 is 5.32 Å². The van der Waals surface area contributed by atoms with Crippen molar-refractivity contribution in [3.8, 4) is 0 Å². The van der Waals surface area contributed by atoms with E-state index < -0.39 is 0 Å². The summed E-state index contributed by atoms with van der Waals surface area (Å²) < 4.78 is 0. The van der Waals surface area contributed by atoms with Crippen LogP contribution in [-0.4, -0.2) is 29.0 Å². The van der Waals surface area contributed by atoms with E-state index in [4.69, 9.17) is 0 Å². The highest BCUT2D eigenvalue weighted by Gasteiger charge is 2.19. The predicted molar refractivity (Wildman–Crippen MR) is 84.5 cm³/mol. The van der Waals surface area contributed by atoms with Gasteiger partial charge in [-0.3, -0.25) is 9.88 Å². The first kappa shape index (κ1) is 15.5. The smallest absolute Gasteiger partial charge is 0.0544 e. The fourth-order valence-corrected chi connectivity index (χ4v) is 2.48. The molecule has 1 aliphatic rings. The lowest BCUT2D eigenvalue weighted by molar-refractivity contribution is 0.218. The van der Waals surface area contributed by atoms with Gasteiger partial charge in [-0.05, 0) is 50.8 Å². The molecule has 1 aliphatic carbocycles. The summed E-state index contributed by atoms with van der Waals surface area (Å²) in [5.74, 6) is 0.747. The van der Waals surface area contributed by atoms with Crippen molar-refractivity contribution in [3.05, 3.63) is 29.6 Å². The summed E-state index contributed by atoms with van der Waals surface area (Å²) in [6, 6.07) is 5.74. The van der Waals surface area contributed by atoms with E-state index in [1.807, 2.05) is 6.20 Å². The largest absolute Gasteiger partial charge is 0.310 e. The second-order valence-electron chi connectivity index (χ2n) is 6.71. The molecule has 0 bridgehead atoms. The van der Waals surface area contributed by atoms with E-state index in [2.05, 4.69) is 55.2 Å². The Hall–Kier alpha value is -0.930. The van der Waals surface area contributed by atoms with Crippen molar-refractivity contribution in [2.45, 2.75) is 65.2 Å². The van der Waals surface area contributed by atoms with Gasteiger partial charge in [-0.25, -0.2) is 0 Å². The van der Waals surface area contributed by atoms with Crippen LogP contribution in [-0.2, 0) is 13.1 Å². The Kier molecular flexibility index (Phi) is 5.55. The minimum absolute atomic E-state index is 0.605. The molecule has 0 saturated heterocycles. The number of pyridine rings is 1. The molecule has 1 N–H and O–H groups in total. The molecule has 3 heteroatoms. The second kappa shape index (κ2) is 7.19. The van der Waals surface area contributed by atoms with Gasteiger partial charge in [0.25, 0.3) is 0 Å². The fourth-order valence-electron chi connectivity index (χ4n) is 2.48. The normalized spacial score (nSPS) is 16.9. The molecule has 1 heterocycles. The van der Waals surface area contributed by atoms with E-state index in [1.54, 1.807) is 0 Å². The summed E-state index contributed by atoms with van der Waals surface area (Å²) in [7, 11) is 2.19. The lowest BCUT2D eigenvalue weighted by atomic mass is 10.0. The molecule has 20 heavy (non-hydrogen) atoms. The van der Waals surface area contributed by atoms with Crippen LogP contribution in [0.5, 0.6) is 0 Å². The summed E-state index contributed by atoms with van der Waals surface area (Å²) in [4.78, 5) is 6.99. The Morgan fingerprint density at radius 1 is 1.30 bits per heavy atom. The third-order valence-electron chi connectivity index (χ3n) is 4.03. The molecule has 0 amide bonds. The van der Waals surface area contributed by atoms with Crippen molar-refractivity contribution in [2.75, 3.05) is 7.05 Å². The van der Waals surface area contributed by atoms with Gasteiger partial charge in [-0.15, -0.1) is 0 Å². The van der Waals surface area contributed by atoms with Crippen LogP contribution in [0, 0.1) is 5.92 Å². The zero-order valence-corrected chi connectivity index (χ0v) is 13.4. The Labute approximate surface area is 123 Å². The van der Waals surface area contributed by atoms with Crippen LogP contribution < -0.4 is 5.32 Å². The highest BCUT2D eigenvalue weighted by Crippen LogP contribution is 2.19. The third-order valence-corrected chi connectivity index (χ3v) is 4.03. The Morgan fingerprint density at radius 3 is 2.60 bits per heavy atom. The van der Waals surface area contributed by atoms with Crippen LogP contribution in [0.3, 0.4) is 0 Å². The molecule has 0 radical (unpaired) electrons. The first-order chi connectivity index (χ1) is 9.54. The summed E-state index contributed by atoms with van der Waals surface area (Å²) in [5.41, 5.74) is 2.46. The molecular formula is C17H29N3. The van der Waals surface area contributed by atoms with Gasteiger partial charge in [-0.1, -0.05) is 19.9 Å². The van der Waals surface area contributed by atoms with Crippen LogP contribution in [0.2, 0.25) is 0 Å². The Balaban J connectivity index is 1.79. The number of nitrogens with one attached hydrogen (secondary N) is 1. The lowest BCUT2D eigenvalue weighted by Crippen LogP contribution is -2.30. The van der Waals surface area contributed by atoms with Crippen molar-refractivity contribution in [2.24, 2.45) is 5.92 Å². The molecule has 0 spiro atoms. The van der Waals surface area contributed by atoms with Crippen molar-refractivity contribution in [1.82, 2.24) is 15.2 Å². The predicted octanol–water partition coefficient (Wildman–Crippen LogP) is 3.20. The van der Waals surface area contributed by atoms with Gasteiger partial charge in [-0.2, -0.15) is 0 Å². The van der Waals surface area contributed by atoms with E-state index in [0.717, 1.165) is 25.0 Å². The molecule has 0 aliphatic heterocycles. The molecular weight excluding hydrogens is 246 g/mol. The van der Waals surface area contributed by atoms with E-state index in [0.29, 0.717) is 6.04 Å². The van der Waals surface area contributed by atoms with Gasteiger partial charge in [0.05, 0.1) is 5.69 Å². The zero-order valence-electron chi connectivity index (χ0n) is 13.4. The maximum Gasteiger partial charge on any atom is 0.0544 e. The molecule has 1 saturated carbocycles. The van der Waals surface area contributed by atoms with E-state index in [-0.39, 0.29) is 0 Å². The number of hydrogen-bond donors (Lipinski definition) is 1. The summed E-state index contributed by atoms with van der Waals surface area (Å²) in [5, 5.41) is 3.52. The van der Waals surface area contributed by atoms with Gasteiger partial charge in [0.2, 0.25) is 0 Å². The Bertz CT molecular complexity index is 395. The number of hydrogen-bond acceptors (Lipinski definition) is 3. The molecule has 3 nitrogen and oxygen atoms in total. The summed E-state index contributed by atoms with van der Waals surface area (Å²) in [6.45, 7) is 8.75. The van der Waals surface area contributed by atoms with Gasteiger partial charge in [0, 0.05) is 31.4 Å². The van der Waals surface area contributed by atoms with Crippen LogP contribution in [0.4, 0.5) is 0 Å². The molecule has 1 unspecified atom stereocenters. The average Bonchev–Trinajstić information content (AvgIpc) is 3.21. The standard InChI is InChI=1S/C17H29N3/c1-13(2)9-14(3)20(4)12-17-6-5-15(11-19-17)10-18-16-7-8-16/h5-6,11,13-14,16,18H,7-10,12H2,1-4H3. The first-order valence-corrected chi connectivity index (χ1v) is 7.92. The number of rotatable bonds is 8. The molecule has 0 aromatic carbocycles. The van der Waals surface area contributed by atoms with Crippen LogP contribution in [0.1, 0.15) is 51.3 Å². The van der Waals surface area contributed by atoms with E-state index in [9.17, 15) is 0 Å². The molecule has 1 aromatic heterocycles. The number of nitrogens with zero attached hydrogens (tertiary/aromatic N) is 2. The maximum atomic E-state index is 4.60. The van der Waals surface area contributed by atoms with Crippen LogP contribution >= 0.6 is 0 Å². The second-order valence-corrected chi connectivity index (χ2v) is 6.71. The van der Waals surface area contributed by atoms with Crippen molar-refractivity contribution in [1.29, 1.82) is 0 Å². The maximum absolute atomic E-state index is 4.60. The quantitative estimate of drug-likeness (QED) is 0.789. The first-order valence-electron chi connectivity index (χ1n) is 7.92. The van der Waals surface area contributed by atoms with Gasteiger partial charge >= 0.3 is 0 Å². The van der Waals surface area contributed by atoms with Crippen molar-refractivity contribution >= 4 is 0 Å². The van der Waals surface area contributed by atoms with Crippen molar-refractivity contribution < 1.29 is 0 Å². The minimum Gasteiger partial charge on any atom is -0.310 e. The lowest BCUT2D eigenvalue weighted by Gasteiger charge is -2.25. The number of aromatic nitrogens is 1. The third kappa shape index (κ3) is 5.22. The van der Waals surface area contributed by atoms with Crippen molar-refractivity contribution in [3.63, 3.8) is 0 Å². The molecule has 1 fully saturated rings. The average molecular weight is 275 g/mol. The molecule has 1 atom stereocenters. The topological polar surface area (TPSA) is 28.2 Å². The monoisotopic (exact) mass is 275 g/mol.